The van der Waals surface area contributed by atoms with Crippen LogP contribution in [0.2, 0.25) is 0 Å². The minimum atomic E-state index is 0.0609. The summed E-state index contributed by atoms with van der Waals surface area (Å²) in [4.78, 5) is 10.1. The molecule has 2 atom stereocenters. The van der Waals surface area contributed by atoms with Crippen molar-refractivity contribution in [3.05, 3.63) is 151 Å². The van der Waals surface area contributed by atoms with Crippen molar-refractivity contribution in [1.29, 1.82) is 0 Å². The third-order valence-electron chi connectivity index (χ3n) is 8.88. The van der Waals surface area contributed by atoms with Crippen LogP contribution in [-0.2, 0) is 0 Å². The summed E-state index contributed by atoms with van der Waals surface area (Å²) >= 11 is 0. The van der Waals surface area contributed by atoms with Crippen molar-refractivity contribution >= 4 is 32.6 Å². The van der Waals surface area contributed by atoms with Crippen LogP contribution in [0.3, 0.4) is 0 Å². The molecule has 0 saturated heterocycles. The molecular weight excluding hydrogens is 524 g/mol. The van der Waals surface area contributed by atoms with E-state index < -0.39 is 0 Å². The van der Waals surface area contributed by atoms with Gasteiger partial charge in [-0.2, -0.15) is 0 Å². The first-order valence-corrected chi connectivity index (χ1v) is 14.7. The number of ether oxygens (including phenoxy) is 1. The molecule has 0 fully saturated rings. The Bertz CT molecular complexity index is 2240. The lowest BCUT2D eigenvalue weighted by Crippen LogP contribution is -2.15. The van der Waals surface area contributed by atoms with Gasteiger partial charge in [-0.3, -0.25) is 4.98 Å². The van der Waals surface area contributed by atoms with E-state index in [0.29, 0.717) is 0 Å². The maximum Gasteiger partial charge on any atom is 0.132 e. The Hall–Kier alpha value is -5.54. The van der Waals surface area contributed by atoms with Crippen LogP contribution >= 0.6 is 0 Å². The molecule has 1 aliphatic heterocycles. The Kier molecular flexibility index (Phi) is 5.32. The quantitative estimate of drug-likeness (QED) is 0.205. The third kappa shape index (κ3) is 3.75. The molecule has 0 spiro atoms. The molecule has 43 heavy (non-hydrogen) atoms. The summed E-state index contributed by atoms with van der Waals surface area (Å²) in [6, 6.07) is 40.7. The maximum atomic E-state index is 6.50. The zero-order valence-corrected chi connectivity index (χ0v) is 23.3. The van der Waals surface area contributed by atoms with E-state index in [2.05, 4.69) is 140 Å². The molecule has 0 amide bonds. The van der Waals surface area contributed by atoms with Crippen LogP contribution in [0.4, 0.5) is 0 Å². The fraction of sp³-hybridized carbons (Fsp3) is 0.0500. The lowest BCUT2D eigenvalue weighted by molar-refractivity contribution is 0.270. The molecule has 6 aromatic carbocycles. The molecular formula is C40H26N2O. The van der Waals surface area contributed by atoms with Gasteiger partial charge in [-0.15, -0.1) is 0 Å². The van der Waals surface area contributed by atoms with Crippen LogP contribution in [0.25, 0.3) is 66.1 Å². The van der Waals surface area contributed by atoms with E-state index in [-0.39, 0.29) is 12.0 Å². The molecule has 3 heteroatoms. The van der Waals surface area contributed by atoms with Crippen molar-refractivity contribution < 1.29 is 4.74 Å². The summed E-state index contributed by atoms with van der Waals surface area (Å²) in [5, 5.41) is 4.66. The Morgan fingerprint density at radius 3 is 1.93 bits per heavy atom. The smallest absolute Gasteiger partial charge is 0.132 e. The molecule has 0 radical (unpaired) electrons. The predicted octanol–water partition coefficient (Wildman–Crippen LogP) is 9.91. The van der Waals surface area contributed by atoms with Gasteiger partial charge in [0.05, 0.1) is 22.9 Å². The molecule has 0 bridgehead atoms. The third-order valence-corrected chi connectivity index (χ3v) is 8.88. The van der Waals surface area contributed by atoms with Crippen LogP contribution < -0.4 is 4.74 Å². The number of aromatic nitrogens is 2. The molecule has 9 rings (SSSR count). The molecule has 0 saturated carbocycles. The van der Waals surface area contributed by atoms with E-state index in [4.69, 9.17) is 14.7 Å². The van der Waals surface area contributed by atoms with Crippen molar-refractivity contribution in [3.8, 4) is 39.3 Å². The van der Waals surface area contributed by atoms with E-state index in [9.17, 15) is 0 Å². The van der Waals surface area contributed by atoms with Crippen molar-refractivity contribution in [3.63, 3.8) is 0 Å². The molecule has 2 aliphatic rings. The first-order chi connectivity index (χ1) is 21.3. The van der Waals surface area contributed by atoms with Gasteiger partial charge < -0.3 is 4.74 Å². The highest BCUT2D eigenvalue weighted by molar-refractivity contribution is 6.23. The monoisotopic (exact) mass is 550 g/mol. The highest BCUT2D eigenvalue weighted by Crippen LogP contribution is 2.48. The summed E-state index contributed by atoms with van der Waals surface area (Å²) in [6.07, 6.45) is 10.6. The van der Waals surface area contributed by atoms with Crippen LogP contribution in [-0.4, -0.2) is 16.1 Å². The van der Waals surface area contributed by atoms with Crippen molar-refractivity contribution in [1.82, 2.24) is 9.97 Å². The number of rotatable bonds is 3. The summed E-state index contributed by atoms with van der Waals surface area (Å²) in [6.45, 7) is 0. The lowest BCUT2D eigenvalue weighted by atomic mass is 9.88. The van der Waals surface area contributed by atoms with Gasteiger partial charge in [-0.1, -0.05) is 133 Å². The molecule has 2 heterocycles. The summed E-state index contributed by atoms with van der Waals surface area (Å²) in [5.74, 6) is 1.26. The minimum absolute atomic E-state index is 0.0609. The molecule has 1 aliphatic carbocycles. The topological polar surface area (TPSA) is 35.0 Å². The Morgan fingerprint density at radius 2 is 1.14 bits per heavy atom. The molecule has 7 aromatic rings. The average molecular weight is 551 g/mol. The largest absolute Gasteiger partial charge is 0.484 e. The van der Waals surface area contributed by atoms with Gasteiger partial charge in [-0.25, -0.2) is 4.98 Å². The fourth-order valence-electron chi connectivity index (χ4n) is 6.83. The number of para-hydroxylation sites is 1. The molecule has 1 aromatic heterocycles. The number of benzene rings is 6. The normalized spacial score (nSPS) is 16.8. The van der Waals surface area contributed by atoms with Crippen LogP contribution in [0, 0.1) is 0 Å². The van der Waals surface area contributed by atoms with Gasteiger partial charge in [-0.05, 0) is 33.5 Å². The highest BCUT2D eigenvalue weighted by Gasteiger charge is 2.34. The number of fused-ring (bicyclic) bond motifs is 9. The predicted molar refractivity (Wildman–Crippen MR) is 176 cm³/mol. The summed E-state index contributed by atoms with van der Waals surface area (Å²) in [5.41, 5.74) is 9.66. The highest BCUT2D eigenvalue weighted by atomic mass is 16.5. The van der Waals surface area contributed by atoms with Crippen molar-refractivity contribution in [2.75, 3.05) is 0 Å². The summed E-state index contributed by atoms with van der Waals surface area (Å²) < 4.78 is 6.50. The van der Waals surface area contributed by atoms with Gasteiger partial charge >= 0.3 is 0 Å². The van der Waals surface area contributed by atoms with E-state index >= 15 is 0 Å². The van der Waals surface area contributed by atoms with Gasteiger partial charge in [0.2, 0.25) is 0 Å². The van der Waals surface area contributed by atoms with E-state index in [0.717, 1.165) is 49.9 Å². The van der Waals surface area contributed by atoms with E-state index in [1.54, 1.807) is 0 Å². The van der Waals surface area contributed by atoms with E-state index in [1.165, 1.54) is 27.5 Å². The lowest BCUT2D eigenvalue weighted by Gasteiger charge is -2.15. The first kappa shape index (κ1) is 24.1. The molecule has 3 nitrogen and oxygen atoms in total. The van der Waals surface area contributed by atoms with Crippen molar-refractivity contribution in [2.24, 2.45) is 0 Å². The summed E-state index contributed by atoms with van der Waals surface area (Å²) in [7, 11) is 0. The molecule has 2 unspecified atom stereocenters. The second-order valence-electron chi connectivity index (χ2n) is 11.3. The number of hydrogen-bond donors (Lipinski definition) is 0. The van der Waals surface area contributed by atoms with Gasteiger partial charge in [0.15, 0.2) is 0 Å². The molecule has 0 N–H and O–H groups in total. The number of allylic oxidation sites excluding steroid dienone is 2. The standard InChI is InChI=1S/C40H26N2O/c1-2-11-28(34-17-9-18-35-31-14-7-8-19-37(31)43-40(34)35)27(10-1)25-20-22-26(23-21-25)36-24-41-38-32-15-5-3-12-29(32)30-13-4-6-16-33(30)39(38)42-36/h1-24,31,37H. The SMILES string of the molecule is C1=CC2Oc3c(-c4ccccc4-c4ccc(-c5cnc6c7ccccc7c7ccccc7c6n5)cc4)cccc3C2C=C1. The number of nitrogens with zero attached hydrogens (tertiary/aromatic N) is 2. The Balaban J connectivity index is 1.13. The van der Waals surface area contributed by atoms with Crippen LogP contribution in [0.15, 0.2) is 146 Å². The Morgan fingerprint density at radius 1 is 0.512 bits per heavy atom. The first-order valence-electron chi connectivity index (χ1n) is 14.7. The van der Waals surface area contributed by atoms with Gasteiger partial charge in [0, 0.05) is 33.4 Å². The van der Waals surface area contributed by atoms with E-state index in [1.807, 2.05) is 6.20 Å². The molecule has 202 valence electrons. The number of hydrogen-bond acceptors (Lipinski definition) is 3. The minimum Gasteiger partial charge on any atom is -0.484 e. The second kappa shape index (κ2) is 9.50. The Labute approximate surface area is 249 Å². The van der Waals surface area contributed by atoms with Gasteiger partial charge in [0.1, 0.15) is 11.9 Å². The van der Waals surface area contributed by atoms with Crippen LogP contribution in [0.1, 0.15) is 11.5 Å². The zero-order chi connectivity index (χ0) is 28.3. The second-order valence-corrected chi connectivity index (χ2v) is 11.3. The zero-order valence-electron chi connectivity index (χ0n) is 23.3. The van der Waals surface area contributed by atoms with Crippen LogP contribution in [0.5, 0.6) is 5.75 Å². The van der Waals surface area contributed by atoms with Crippen molar-refractivity contribution in [2.45, 2.75) is 12.0 Å². The fourth-order valence-corrected chi connectivity index (χ4v) is 6.83. The van der Waals surface area contributed by atoms with Gasteiger partial charge in [0.25, 0.3) is 0 Å². The maximum absolute atomic E-state index is 6.50. The average Bonchev–Trinajstić information content (AvgIpc) is 3.47.